The summed E-state index contributed by atoms with van der Waals surface area (Å²) in [6.45, 7) is 3.69. The van der Waals surface area contributed by atoms with Crippen LogP contribution in [0.25, 0.3) is 0 Å². The van der Waals surface area contributed by atoms with Crippen LogP contribution in [-0.2, 0) is 9.47 Å². The maximum absolute atomic E-state index is 14.0. The van der Waals surface area contributed by atoms with E-state index in [0.29, 0.717) is 26.3 Å². The molecule has 0 radical (unpaired) electrons. The molecule has 4 rings (SSSR count). The highest BCUT2D eigenvalue weighted by molar-refractivity contribution is 6.29. The Morgan fingerprint density at radius 2 is 2.04 bits per heavy atom. The Kier molecular flexibility index (Phi) is 4.19. The molecule has 1 saturated carbocycles. The van der Waals surface area contributed by atoms with E-state index in [2.05, 4.69) is 9.97 Å². The Balaban J connectivity index is 1.46. The monoisotopic (exact) mass is 371 g/mol. The van der Waals surface area contributed by atoms with Gasteiger partial charge in [-0.3, -0.25) is 0 Å². The number of ether oxygens (including phenoxy) is 3. The van der Waals surface area contributed by atoms with E-state index in [0.717, 1.165) is 19.2 Å². The lowest BCUT2D eigenvalue weighted by atomic mass is 9.84. The SMILES string of the molecule is CC1(OC(=O)N2CC3COCC(C2)C3Oc2ncnc(Cl)c2F)CC1. The van der Waals surface area contributed by atoms with Crippen LogP contribution in [-0.4, -0.2) is 59.0 Å². The number of piperidine rings is 1. The van der Waals surface area contributed by atoms with E-state index in [1.807, 2.05) is 6.92 Å². The maximum atomic E-state index is 14.0. The van der Waals surface area contributed by atoms with Crippen LogP contribution in [0, 0.1) is 17.7 Å². The van der Waals surface area contributed by atoms with Gasteiger partial charge >= 0.3 is 6.09 Å². The lowest BCUT2D eigenvalue weighted by Crippen LogP contribution is -2.59. The van der Waals surface area contributed by atoms with Gasteiger partial charge in [-0.1, -0.05) is 11.6 Å². The van der Waals surface area contributed by atoms with Crippen LogP contribution in [0.3, 0.4) is 0 Å². The summed E-state index contributed by atoms with van der Waals surface area (Å²) < 4.78 is 31.0. The molecule has 0 spiro atoms. The largest absolute Gasteiger partial charge is 0.471 e. The fourth-order valence-corrected chi connectivity index (χ4v) is 3.46. The van der Waals surface area contributed by atoms with Gasteiger partial charge in [0.15, 0.2) is 5.15 Å². The van der Waals surface area contributed by atoms with Gasteiger partial charge in [-0.15, -0.1) is 0 Å². The molecule has 0 N–H and O–H groups in total. The molecule has 0 aromatic carbocycles. The first-order valence-corrected chi connectivity index (χ1v) is 8.71. The first kappa shape index (κ1) is 16.8. The minimum atomic E-state index is -0.772. The third-order valence-corrected chi connectivity index (χ3v) is 5.28. The first-order chi connectivity index (χ1) is 12.0. The molecule has 2 atom stereocenters. The van der Waals surface area contributed by atoms with Crippen LogP contribution in [0.4, 0.5) is 9.18 Å². The number of halogens is 2. The maximum Gasteiger partial charge on any atom is 0.410 e. The summed E-state index contributed by atoms with van der Waals surface area (Å²) in [6.07, 6.45) is 2.38. The van der Waals surface area contributed by atoms with Crippen LogP contribution in [0.2, 0.25) is 5.15 Å². The van der Waals surface area contributed by atoms with E-state index in [-0.39, 0.29) is 40.7 Å². The summed E-state index contributed by atoms with van der Waals surface area (Å²) in [5, 5.41) is -0.273. The fraction of sp³-hybridized carbons (Fsp3) is 0.688. The molecule has 2 bridgehead atoms. The number of aromatic nitrogens is 2. The number of fused-ring (bicyclic) bond motifs is 2. The van der Waals surface area contributed by atoms with Crippen molar-refractivity contribution in [1.29, 1.82) is 0 Å². The van der Waals surface area contributed by atoms with E-state index in [9.17, 15) is 9.18 Å². The van der Waals surface area contributed by atoms with Crippen molar-refractivity contribution in [2.45, 2.75) is 31.5 Å². The highest BCUT2D eigenvalue weighted by Crippen LogP contribution is 2.40. The Morgan fingerprint density at radius 3 is 2.68 bits per heavy atom. The van der Waals surface area contributed by atoms with Gasteiger partial charge in [-0.2, -0.15) is 9.37 Å². The summed E-state index contributed by atoms with van der Waals surface area (Å²) >= 11 is 5.68. The molecule has 25 heavy (non-hydrogen) atoms. The predicted molar refractivity (Wildman–Crippen MR) is 84.9 cm³/mol. The van der Waals surface area contributed by atoms with Crippen molar-refractivity contribution in [2.75, 3.05) is 26.3 Å². The zero-order chi connectivity index (χ0) is 17.6. The molecule has 3 heterocycles. The van der Waals surface area contributed by atoms with Gasteiger partial charge in [0.25, 0.3) is 5.88 Å². The fourth-order valence-electron chi connectivity index (χ4n) is 3.34. The van der Waals surface area contributed by atoms with Gasteiger partial charge in [0.1, 0.15) is 18.0 Å². The van der Waals surface area contributed by atoms with Gasteiger partial charge in [0, 0.05) is 24.9 Å². The molecule has 1 amide bonds. The Morgan fingerprint density at radius 1 is 1.36 bits per heavy atom. The van der Waals surface area contributed by atoms with E-state index in [4.69, 9.17) is 25.8 Å². The van der Waals surface area contributed by atoms with Crippen molar-refractivity contribution >= 4 is 17.7 Å². The van der Waals surface area contributed by atoms with Gasteiger partial charge < -0.3 is 19.1 Å². The Hall–Kier alpha value is -1.67. The van der Waals surface area contributed by atoms with Crippen LogP contribution in [0.1, 0.15) is 19.8 Å². The van der Waals surface area contributed by atoms with Gasteiger partial charge in [0.2, 0.25) is 5.82 Å². The second-order valence-electron chi connectivity index (χ2n) is 7.15. The molecule has 2 saturated heterocycles. The normalized spacial score (nSPS) is 29.9. The minimum absolute atomic E-state index is 0.0831. The Bertz CT molecular complexity index is 673. The first-order valence-electron chi connectivity index (χ1n) is 8.33. The summed E-state index contributed by atoms with van der Waals surface area (Å²) in [5.41, 5.74) is -0.309. The number of hydrogen-bond acceptors (Lipinski definition) is 6. The van der Waals surface area contributed by atoms with Crippen molar-refractivity contribution in [3.05, 3.63) is 17.3 Å². The van der Waals surface area contributed by atoms with Gasteiger partial charge in [0.05, 0.1) is 13.2 Å². The molecular weight excluding hydrogens is 353 g/mol. The zero-order valence-corrected chi connectivity index (χ0v) is 14.5. The lowest BCUT2D eigenvalue weighted by Gasteiger charge is -2.45. The highest BCUT2D eigenvalue weighted by Gasteiger charge is 2.47. The average Bonchev–Trinajstić information content (AvgIpc) is 3.28. The second-order valence-corrected chi connectivity index (χ2v) is 7.50. The molecule has 1 aromatic rings. The van der Waals surface area contributed by atoms with Crippen LogP contribution >= 0.6 is 11.6 Å². The minimum Gasteiger partial charge on any atom is -0.471 e. The van der Waals surface area contributed by atoms with Crippen molar-refractivity contribution in [3.63, 3.8) is 0 Å². The van der Waals surface area contributed by atoms with E-state index >= 15 is 0 Å². The van der Waals surface area contributed by atoms with Gasteiger partial charge in [-0.25, -0.2) is 9.78 Å². The topological polar surface area (TPSA) is 73.8 Å². The third-order valence-electron chi connectivity index (χ3n) is 5.01. The third kappa shape index (κ3) is 3.37. The number of nitrogens with zero attached hydrogens (tertiary/aromatic N) is 3. The number of carbonyl (C=O) groups is 1. The molecule has 3 aliphatic rings. The van der Waals surface area contributed by atoms with Crippen LogP contribution in [0.15, 0.2) is 6.33 Å². The Labute approximate surface area is 149 Å². The van der Waals surface area contributed by atoms with Gasteiger partial charge in [-0.05, 0) is 19.8 Å². The van der Waals surface area contributed by atoms with Crippen molar-refractivity contribution in [1.82, 2.24) is 14.9 Å². The van der Waals surface area contributed by atoms with Crippen molar-refractivity contribution < 1.29 is 23.4 Å². The van der Waals surface area contributed by atoms with Crippen LogP contribution in [0.5, 0.6) is 5.88 Å². The second kappa shape index (κ2) is 6.25. The number of carbonyl (C=O) groups excluding carboxylic acids is 1. The summed E-state index contributed by atoms with van der Waals surface area (Å²) in [4.78, 5) is 21.5. The molecule has 7 nitrogen and oxygen atoms in total. The molecule has 2 unspecified atom stereocenters. The van der Waals surface area contributed by atoms with E-state index in [1.165, 1.54) is 0 Å². The molecule has 9 heteroatoms. The molecular formula is C16H19ClFN3O4. The summed E-state index contributed by atoms with van der Waals surface area (Å²) in [5.74, 6) is -1.10. The quantitative estimate of drug-likeness (QED) is 0.759. The molecule has 3 fully saturated rings. The zero-order valence-electron chi connectivity index (χ0n) is 13.8. The smallest absolute Gasteiger partial charge is 0.410 e. The van der Waals surface area contributed by atoms with E-state index < -0.39 is 5.82 Å². The lowest BCUT2D eigenvalue weighted by molar-refractivity contribution is -0.112. The van der Waals surface area contributed by atoms with Crippen LogP contribution < -0.4 is 4.74 Å². The average molecular weight is 372 g/mol. The number of rotatable bonds is 3. The number of likely N-dealkylation sites (tertiary alicyclic amines) is 1. The number of amides is 1. The molecule has 136 valence electrons. The van der Waals surface area contributed by atoms with Crippen molar-refractivity contribution in [3.8, 4) is 5.88 Å². The molecule has 2 aliphatic heterocycles. The predicted octanol–water partition coefficient (Wildman–Crippen LogP) is 2.28. The summed E-state index contributed by atoms with van der Waals surface area (Å²) in [7, 11) is 0. The van der Waals surface area contributed by atoms with Crippen molar-refractivity contribution in [2.24, 2.45) is 11.8 Å². The highest BCUT2D eigenvalue weighted by atomic mass is 35.5. The number of hydrogen-bond donors (Lipinski definition) is 0. The standard InChI is InChI=1S/C16H19ClFN3O4/c1-16(2-3-16)25-15(22)21-4-9-6-23-7-10(5-21)12(9)24-14-11(18)13(17)19-8-20-14/h8-10,12H,2-7H2,1H3. The van der Waals surface area contributed by atoms with E-state index in [1.54, 1.807) is 4.90 Å². The summed E-state index contributed by atoms with van der Waals surface area (Å²) in [6, 6.07) is 0. The molecule has 1 aliphatic carbocycles. The molecule has 1 aromatic heterocycles.